The molecule has 0 radical (unpaired) electrons. The van der Waals surface area contributed by atoms with Crippen molar-refractivity contribution in [2.45, 2.75) is 0 Å². The van der Waals surface area contributed by atoms with E-state index < -0.39 is 5.91 Å². The molecule has 1 amide bonds. The molecule has 0 heterocycles. The minimum atomic E-state index is -0.503. The minimum absolute atomic E-state index is 0.0126. The van der Waals surface area contributed by atoms with E-state index in [9.17, 15) is 9.59 Å². The normalized spacial score (nSPS) is 8.00. The lowest BCUT2D eigenvalue weighted by atomic mass is 10.8. The predicted octanol–water partition coefficient (Wildman–Crippen LogP) is -0.707. The fourth-order valence-electron chi connectivity index (χ4n) is 0.120. The molecule has 46 valence electrons. The molecule has 0 aromatic rings. The molecule has 0 saturated carbocycles. The van der Waals surface area contributed by atoms with Crippen LogP contribution in [0.15, 0.2) is 0 Å². The molecule has 0 unspecified atom stereocenters. The van der Waals surface area contributed by atoms with Crippen LogP contribution < -0.4 is 5.73 Å². The minimum Gasteiger partial charge on any atom is -0.393 e. The highest BCUT2D eigenvalue weighted by atomic mass is 32.2. The monoisotopic (exact) mass is 135 g/mol. The van der Waals surface area contributed by atoms with E-state index in [-0.39, 0.29) is 12.2 Å². The van der Waals surface area contributed by atoms with E-state index in [1.807, 2.05) is 0 Å². The van der Waals surface area contributed by atoms with E-state index in [2.05, 4.69) is 9.92 Å². The van der Waals surface area contributed by atoms with E-state index >= 15 is 0 Å². The summed E-state index contributed by atoms with van der Waals surface area (Å²) in [6.45, 7) is 0.244. The second kappa shape index (κ2) is 4.45. The largest absolute Gasteiger partial charge is 0.393 e. The van der Waals surface area contributed by atoms with Gasteiger partial charge in [-0.05, 0) is 0 Å². The van der Waals surface area contributed by atoms with Gasteiger partial charge in [0.25, 0.3) is 0 Å². The van der Waals surface area contributed by atoms with Gasteiger partial charge in [0.05, 0.1) is 12.0 Å². The first-order valence-corrected chi connectivity index (χ1v) is 2.68. The molecule has 0 rings (SSSR count). The molecule has 0 aromatic heterocycles. The molecule has 0 bridgehead atoms. The van der Waals surface area contributed by atoms with Gasteiger partial charge in [0.2, 0.25) is 5.91 Å². The maximum atomic E-state index is 9.88. The van der Waals surface area contributed by atoms with Gasteiger partial charge in [0.1, 0.15) is 5.75 Å². The molecular weight excluding hydrogens is 130 g/mol. The maximum Gasteiger partial charge on any atom is 0.305 e. The van der Waals surface area contributed by atoms with Gasteiger partial charge >= 0.3 is 6.47 Å². The summed E-state index contributed by atoms with van der Waals surface area (Å²) in [5, 5.41) is 0. The number of hydrogen-bond acceptors (Lipinski definition) is 4. The first kappa shape index (κ1) is 7.29. The van der Waals surface area contributed by atoms with Gasteiger partial charge in [-0.1, -0.05) is 0 Å². The van der Waals surface area contributed by atoms with Crippen molar-refractivity contribution in [3.05, 3.63) is 0 Å². The van der Waals surface area contributed by atoms with Gasteiger partial charge < -0.3 is 9.92 Å². The smallest absolute Gasteiger partial charge is 0.305 e. The lowest BCUT2D eigenvalue weighted by Crippen LogP contribution is -2.13. The molecule has 0 aliphatic heterocycles. The van der Waals surface area contributed by atoms with Crippen molar-refractivity contribution in [1.82, 2.24) is 0 Å². The molecule has 0 fully saturated rings. The molecule has 0 aliphatic rings. The Morgan fingerprint density at radius 3 is 2.88 bits per heavy atom. The van der Waals surface area contributed by atoms with Crippen molar-refractivity contribution in [2.75, 3.05) is 5.75 Å². The Morgan fingerprint density at radius 1 is 1.88 bits per heavy atom. The van der Waals surface area contributed by atoms with Gasteiger partial charge in [0.15, 0.2) is 0 Å². The lowest BCUT2D eigenvalue weighted by molar-refractivity contribution is -0.119. The standard InChI is InChI=1S/C3H5NO3S/c4-3(6)1-8-7-2-5/h2H,1H2,(H2,4,6). The van der Waals surface area contributed by atoms with Crippen LogP contribution in [0.25, 0.3) is 0 Å². The molecule has 0 atom stereocenters. The van der Waals surface area contributed by atoms with Crippen LogP contribution in [0.4, 0.5) is 0 Å². The predicted molar refractivity (Wildman–Crippen MR) is 28.8 cm³/mol. The third kappa shape index (κ3) is 5.29. The van der Waals surface area contributed by atoms with Crippen molar-refractivity contribution < 1.29 is 13.8 Å². The average Bonchev–Trinajstić information content (AvgIpc) is 1.66. The van der Waals surface area contributed by atoms with Gasteiger partial charge in [0, 0.05) is 0 Å². The molecule has 0 aliphatic carbocycles. The van der Waals surface area contributed by atoms with Crippen LogP contribution >= 0.6 is 12.0 Å². The molecule has 5 heteroatoms. The van der Waals surface area contributed by atoms with E-state index in [1.165, 1.54) is 0 Å². The van der Waals surface area contributed by atoms with E-state index in [0.29, 0.717) is 0 Å². The topological polar surface area (TPSA) is 69.4 Å². The van der Waals surface area contributed by atoms with E-state index in [0.717, 1.165) is 12.0 Å². The number of amides is 1. The van der Waals surface area contributed by atoms with Gasteiger partial charge in [-0.2, -0.15) is 0 Å². The maximum absolute atomic E-state index is 9.88. The molecule has 0 aromatic carbocycles. The summed E-state index contributed by atoms with van der Waals surface area (Å²) in [6.07, 6.45) is 0. The second-order valence-electron chi connectivity index (χ2n) is 0.921. The molecule has 0 saturated heterocycles. The Kier molecular flexibility index (Phi) is 4.05. The highest BCUT2D eigenvalue weighted by Gasteiger charge is 1.92. The van der Waals surface area contributed by atoms with Crippen LogP contribution in [0.5, 0.6) is 0 Å². The number of carbonyl (C=O) groups excluding carboxylic acids is 2. The molecule has 4 nitrogen and oxygen atoms in total. The fraction of sp³-hybridized carbons (Fsp3) is 0.333. The Morgan fingerprint density at radius 2 is 2.50 bits per heavy atom. The zero-order chi connectivity index (χ0) is 6.41. The Bertz CT molecular complexity index is 94.5. The summed E-state index contributed by atoms with van der Waals surface area (Å²) in [6, 6.07) is 0. The van der Waals surface area contributed by atoms with Crippen LogP contribution in [-0.4, -0.2) is 18.1 Å². The van der Waals surface area contributed by atoms with Crippen molar-refractivity contribution in [3.8, 4) is 0 Å². The fourth-order valence-corrected chi connectivity index (χ4v) is 0.360. The van der Waals surface area contributed by atoms with Crippen LogP contribution in [0.2, 0.25) is 0 Å². The van der Waals surface area contributed by atoms with Crippen LogP contribution in [0, 0.1) is 0 Å². The first-order chi connectivity index (χ1) is 3.77. The van der Waals surface area contributed by atoms with Crippen LogP contribution in [-0.2, 0) is 13.8 Å². The van der Waals surface area contributed by atoms with Crippen molar-refractivity contribution in [1.29, 1.82) is 0 Å². The Labute approximate surface area is 50.6 Å². The zero-order valence-electron chi connectivity index (χ0n) is 3.99. The van der Waals surface area contributed by atoms with Crippen molar-refractivity contribution in [3.63, 3.8) is 0 Å². The second-order valence-corrected chi connectivity index (χ2v) is 1.64. The third-order valence-electron chi connectivity index (χ3n) is 0.309. The summed E-state index contributed by atoms with van der Waals surface area (Å²) in [4.78, 5) is 19.3. The zero-order valence-corrected chi connectivity index (χ0v) is 4.81. The van der Waals surface area contributed by atoms with Crippen molar-refractivity contribution >= 4 is 24.4 Å². The first-order valence-electron chi connectivity index (χ1n) is 1.77. The third-order valence-corrected chi connectivity index (χ3v) is 0.926. The van der Waals surface area contributed by atoms with Gasteiger partial charge in [-0.15, -0.1) is 0 Å². The summed E-state index contributed by atoms with van der Waals surface area (Å²) < 4.78 is 4.08. The van der Waals surface area contributed by atoms with E-state index in [1.54, 1.807) is 0 Å². The molecule has 0 spiro atoms. The Balaban J connectivity index is 2.93. The van der Waals surface area contributed by atoms with E-state index in [4.69, 9.17) is 0 Å². The van der Waals surface area contributed by atoms with Gasteiger partial charge in [-0.25, -0.2) is 0 Å². The highest BCUT2D eigenvalue weighted by Crippen LogP contribution is 1.95. The molecule has 8 heavy (non-hydrogen) atoms. The number of hydrogen-bond donors (Lipinski definition) is 1. The quantitative estimate of drug-likeness (QED) is 0.314. The van der Waals surface area contributed by atoms with Crippen molar-refractivity contribution in [2.24, 2.45) is 5.73 Å². The Hall–Kier alpha value is -0.710. The number of carbonyl (C=O) groups is 2. The van der Waals surface area contributed by atoms with Crippen LogP contribution in [0.3, 0.4) is 0 Å². The van der Waals surface area contributed by atoms with Gasteiger partial charge in [-0.3, -0.25) is 9.59 Å². The number of rotatable bonds is 4. The van der Waals surface area contributed by atoms with Crippen LogP contribution in [0.1, 0.15) is 0 Å². The summed E-state index contributed by atoms with van der Waals surface area (Å²) in [5.41, 5.74) is 4.68. The SMILES string of the molecule is NC(=O)CSOC=O. The average molecular weight is 135 g/mol. The molecule has 2 N–H and O–H groups in total. The highest BCUT2D eigenvalue weighted by molar-refractivity contribution is 7.95. The number of primary amides is 1. The lowest BCUT2D eigenvalue weighted by Gasteiger charge is -1.88. The summed E-state index contributed by atoms with van der Waals surface area (Å²) >= 11 is 0.719. The molecular formula is C3H5NO3S. The summed E-state index contributed by atoms with van der Waals surface area (Å²) in [7, 11) is 0. The summed E-state index contributed by atoms with van der Waals surface area (Å²) in [5.74, 6) is -0.490. The number of nitrogens with two attached hydrogens (primary N) is 1.